The molecule has 5 heteroatoms. The fourth-order valence-corrected chi connectivity index (χ4v) is 1.61. The Hall–Kier alpha value is -1.52. The minimum Gasteiger partial charge on any atom is -0.480 e. The minimum atomic E-state index is -0.980. The van der Waals surface area contributed by atoms with Crippen molar-refractivity contribution in [2.45, 2.75) is 45.6 Å². The number of hydrogen-bond donors (Lipinski definition) is 2. The molecule has 1 atom stereocenters. The summed E-state index contributed by atoms with van der Waals surface area (Å²) in [5.41, 5.74) is 0. The van der Waals surface area contributed by atoms with Gasteiger partial charge in [-0.2, -0.15) is 0 Å². The van der Waals surface area contributed by atoms with Crippen LogP contribution in [0.5, 0.6) is 0 Å². The number of urea groups is 1. The molecule has 0 radical (unpaired) electrons. The number of nitrogens with one attached hydrogen (secondary N) is 1. The third-order valence-electron chi connectivity index (χ3n) is 2.57. The first kappa shape index (κ1) is 16.5. The van der Waals surface area contributed by atoms with Gasteiger partial charge in [-0.05, 0) is 12.8 Å². The third-order valence-corrected chi connectivity index (χ3v) is 2.57. The summed E-state index contributed by atoms with van der Waals surface area (Å²) in [5, 5.41) is 11.6. The van der Waals surface area contributed by atoms with E-state index in [-0.39, 0.29) is 6.03 Å². The van der Waals surface area contributed by atoms with Gasteiger partial charge in [-0.15, -0.1) is 6.58 Å². The molecule has 0 bridgehead atoms. The average Bonchev–Trinajstić information content (AvgIpc) is 2.33. The maximum Gasteiger partial charge on any atom is 0.326 e. The van der Waals surface area contributed by atoms with E-state index in [2.05, 4.69) is 11.9 Å². The number of carbonyl (C=O) groups excluding carboxylic acids is 1. The molecule has 2 amide bonds. The number of amides is 2. The van der Waals surface area contributed by atoms with Crippen molar-refractivity contribution in [3.63, 3.8) is 0 Å². The van der Waals surface area contributed by atoms with E-state index in [1.807, 2.05) is 13.8 Å². The summed E-state index contributed by atoms with van der Waals surface area (Å²) in [4.78, 5) is 24.5. The molecule has 0 heterocycles. The van der Waals surface area contributed by atoms with Gasteiger partial charge in [-0.1, -0.05) is 32.8 Å². The van der Waals surface area contributed by atoms with Gasteiger partial charge in [-0.3, -0.25) is 0 Å². The van der Waals surface area contributed by atoms with Crippen molar-refractivity contribution in [3.05, 3.63) is 12.7 Å². The number of rotatable bonds is 9. The lowest BCUT2D eigenvalue weighted by atomic mass is 10.1. The van der Waals surface area contributed by atoms with E-state index >= 15 is 0 Å². The summed E-state index contributed by atoms with van der Waals surface area (Å²) in [5.74, 6) is -0.980. The van der Waals surface area contributed by atoms with E-state index in [4.69, 9.17) is 5.11 Å². The largest absolute Gasteiger partial charge is 0.480 e. The zero-order valence-electron chi connectivity index (χ0n) is 11.3. The van der Waals surface area contributed by atoms with E-state index in [9.17, 15) is 9.59 Å². The molecule has 0 aliphatic heterocycles. The Morgan fingerprint density at radius 2 is 2.06 bits per heavy atom. The third kappa shape index (κ3) is 6.27. The van der Waals surface area contributed by atoms with Crippen LogP contribution >= 0.6 is 0 Å². The highest BCUT2D eigenvalue weighted by molar-refractivity contribution is 5.82. The normalized spacial score (nSPS) is 11.7. The van der Waals surface area contributed by atoms with Crippen molar-refractivity contribution >= 4 is 12.0 Å². The first-order chi connectivity index (χ1) is 8.56. The van der Waals surface area contributed by atoms with Crippen LogP contribution in [0.15, 0.2) is 12.7 Å². The van der Waals surface area contributed by atoms with Gasteiger partial charge in [0, 0.05) is 13.1 Å². The van der Waals surface area contributed by atoms with Crippen LogP contribution < -0.4 is 5.32 Å². The smallest absolute Gasteiger partial charge is 0.326 e. The lowest BCUT2D eigenvalue weighted by Gasteiger charge is -2.23. The summed E-state index contributed by atoms with van der Waals surface area (Å²) in [7, 11) is 0. The predicted octanol–water partition coefficient (Wildman–Crippen LogP) is 2.24. The first-order valence-corrected chi connectivity index (χ1v) is 6.45. The van der Waals surface area contributed by atoms with E-state index in [1.54, 1.807) is 11.0 Å². The van der Waals surface area contributed by atoms with Crippen LogP contribution in [0.2, 0.25) is 0 Å². The van der Waals surface area contributed by atoms with Gasteiger partial charge in [0.25, 0.3) is 0 Å². The lowest BCUT2D eigenvalue weighted by molar-refractivity contribution is -0.139. The molecule has 0 spiro atoms. The second kappa shape index (κ2) is 9.50. The zero-order valence-corrected chi connectivity index (χ0v) is 11.3. The quantitative estimate of drug-likeness (QED) is 0.621. The average molecular weight is 256 g/mol. The Kier molecular flexibility index (Phi) is 8.70. The van der Waals surface area contributed by atoms with Crippen LogP contribution in [0.25, 0.3) is 0 Å². The van der Waals surface area contributed by atoms with Crippen LogP contribution in [-0.2, 0) is 4.79 Å². The van der Waals surface area contributed by atoms with Crippen molar-refractivity contribution < 1.29 is 14.7 Å². The Morgan fingerprint density at radius 1 is 1.39 bits per heavy atom. The van der Waals surface area contributed by atoms with Gasteiger partial charge in [-0.25, -0.2) is 9.59 Å². The van der Waals surface area contributed by atoms with Crippen molar-refractivity contribution in [1.29, 1.82) is 0 Å². The van der Waals surface area contributed by atoms with E-state index < -0.39 is 12.0 Å². The Bertz CT molecular complexity index is 279. The van der Waals surface area contributed by atoms with Gasteiger partial charge < -0.3 is 15.3 Å². The second-order valence-corrected chi connectivity index (χ2v) is 4.22. The summed E-state index contributed by atoms with van der Waals surface area (Å²) in [6.45, 7) is 8.57. The molecule has 0 fully saturated rings. The Labute approximate surface area is 109 Å². The van der Waals surface area contributed by atoms with E-state index in [0.29, 0.717) is 19.5 Å². The van der Waals surface area contributed by atoms with Crippen molar-refractivity contribution in [1.82, 2.24) is 10.2 Å². The highest BCUT2D eigenvalue weighted by Gasteiger charge is 2.21. The monoisotopic (exact) mass is 256 g/mol. The molecular weight excluding hydrogens is 232 g/mol. The van der Waals surface area contributed by atoms with E-state index in [1.165, 1.54) is 0 Å². The van der Waals surface area contributed by atoms with Crippen molar-refractivity contribution in [2.75, 3.05) is 13.1 Å². The van der Waals surface area contributed by atoms with Gasteiger partial charge in [0.2, 0.25) is 0 Å². The van der Waals surface area contributed by atoms with Crippen LogP contribution in [0.1, 0.15) is 39.5 Å². The van der Waals surface area contributed by atoms with Gasteiger partial charge in [0.15, 0.2) is 0 Å². The van der Waals surface area contributed by atoms with Crippen LogP contribution in [0.4, 0.5) is 4.79 Å². The molecule has 0 saturated carbocycles. The zero-order chi connectivity index (χ0) is 14.0. The molecular formula is C13H24N2O3. The van der Waals surface area contributed by atoms with Gasteiger partial charge in [0.1, 0.15) is 6.04 Å². The molecule has 0 saturated heterocycles. The fraction of sp³-hybridized carbons (Fsp3) is 0.692. The van der Waals surface area contributed by atoms with Crippen LogP contribution in [0, 0.1) is 0 Å². The predicted molar refractivity (Wildman–Crippen MR) is 71.5 cm³/mol. The number of carboxylic acids is 1. The number of carbonyl (C=O) groups is 2. The molecule has 2 N–H and O–H groups in total. The van der Waals surface area contributed by atoms with Crippen molar-refractivity contribution in [2.24, 2.45) is 0 Å². The summed E-state index contributed by atoms with van der Waals surface area (Å²) in [6, 6.07) is -1.14. The highest BCUT2D eigenvalue weighted by Crippen LogP contribution is 2.02. The number of unbranched alkanes of at least 4 members (excludes halogenated alkanes) is 1. The second-order valence-electron chi connectivity index (χ2n) is 4.22. The van der Waals surface area contributed by atoms with Crippen molar-refractivity contribution in [3.8, 4) is 0 Å². The first-order valence-electron chi connectivity index (χ1n) is 6.45. The molecule has 0 rings (SSSR count). The Balaban J connectivity index is 4.44. The summed E-state index contributed by atoms with van der Waals surface area (Å²) >= 11 is 0. The van der Waals surface area contributed by atoms with Gasteiger partial charge >= 0.3 is 12.0 Å². The number of carboxylic acid groups (broad SMARTS) is 1. The maximum absolute atomic E-state index is 11.9. The van der Waals surface area contributed by atoms with E-state index in [0.717, 1.165) is 19.3 Å². The SMILES string of the molecule is C=CCN(CCC)C(=O)NC(CCCC)C(=O)O. The Morgan fingerprint density at radius 3 is 2.50 bits per heavy atom. The number of nitrogens with zero attached hydrogens (tertiary/aromatic N) is 1. The minimum absolute atomic E-state index is 0.333. The summed E-state index contributed by atoms with van der Waals surface area (Å²) in [6.07, 6.45) is 4.62. The molecule has 5 nitrogen and oxygen atoms in total. The molecule has 18 heavy (non-hydrogen) atoms. The number of aliphatic carboxylic acids is 1. The molecule has 0 aromatic heterocycles. The molecule has 0 aliphatic rings. The standard InChI is InChI=1S/C13H24N2O3/c1-4-7-8-11(12(16)17)14-13(18)15(9-5-2)10-6-3/h5,11H,2,4,6-10H2,1,3H3,(H,14,18)(H,16,17). The molecule has 1 unspecified atom stereocenters. The van der Waals surface area contributed by atoms with Crippen LogP contribution in [0.3, 0.4) is 0 Å². The molecule has 0 aromatic carbocycles. The molecule has 0 aliphatic carbocycles. The molecule has 0 aromatic rings. The maximum atomic E-state index is 11.9. The highest BCUT2D eigenvalue weighted by atomic mass is 16.4. The summed E-state index contributed by atoms with van der Waals surface area (Å²) < 4.78 is 0. The molecule has 104 valence electrons. The lowest BCUT2D eigenvalue weighted by Crippen LogP contribution is -2.48. The van der Waals surface area contributed by atoms with Crippen LogP contribution in [-0.4, -0.2) is 41.1 Å². The topological polar surface area (TPSA) is 69.6 Å². The van der Waals surface area contributed by atoms with Gasteiger partial charge in [0.05, 0.1) is 0 Å². The number of hydrogen-bond acceptors (Lipinski definition) is 2. The fourth-order valence-electron chi connectivity index (χ4n) is 1.61.